The van der Waals surface area contributed by atoms with E-state index in [2.05, 4.69) is 10.3 Å². The molecule has 0 aromatic carbocycles. The first-order valence-corrected chi connectivity index (χ1v) is 6.61. The van der Waals surface area contributed by atoms with Crippen LogP contribution in [0.15, 0.2) is 10.6 Å². The SMILES string of the molecule is CNC(C)c1ncc(C2CCC(C(F)(F)F)CC2)o1. The second kappa shape index (κ2) is 5.53. The van der Waals surface area contributed by atoms with E-state index in [0.717, 1.165) is 5.76 Å². The first-order valence-electron chi connectivity index (χ1n) is 6.61. The predicted molar refractivity (Wildman–Crippen MR) is 64.7 cm³/mol. The van der Waals surface area contributed by atoms with Crippen molar-refractivity contribution in [2.75, 3.05) is 7.05 Å². The largest absolute Gasteiger partial charge is 0.444 e. The van der Waals surface area contributed by atoms with E-state index in [1.54, 1.807) is 6.20 Å². The summed E-state index contributed by atoms with van der Waals surface area (Å²) in [5.41, 5.74) is 0. The Labute approximate surface area is 110 Å². The van der Waals surface area contributed by atoms with E-state index in [1.165, 1.54) is 0 Å². The number of halogens is 3. The van der Waals surface area contributed by atoms with Crippen LogP contribution in [0.25, 0.3) is 0 Å². The maximum Gasteiger partial charge on any atom is 0.391 e. The van der Waals surface area contributed by atoms with Gasteiger partial charge in [0.2, 0.25) is 5.89 Å². The van der Waals surface area contributed by atoms with E-state index in [0.29, 0.717) is 18.7 Å². The number of hydrogen-bond acceptors (Lipinski definition) is 3. The summed E-state index contributed by atoms with van der Waals surface area (Å²) in [6.45, 7) is 1.93. The molecule has 0 spiro atoms. The maximum absolute atomic E-state index is 12.6. The third-order valence-corrected chi connectivity index (χ3v) is 3.94. The fraction of sp³-hybridized carbons (Fsp3) is 0.769. The molecule has 1 aliphatic carbocycles. The van der Waals surface area contributed by atoms with Crippen molar-refractivity contribution in [3.05, 3.63) is 17.8 Å². The van der Waals surface area contributed by atoms with Crippen molar-refractivity contribution in [3.63, 3.8) is 0 Å². The molecule has 108 valence electrons. The van der Waals surface area contributed by atoms with Crippen LogP contribution in [0.5, 0.6) is 0 Å². The summed E-state index contributed by atoms with van der Waals surface area (Å²) in [4.78, 5) is 4.18. The van der Waals surface area contributed by atoms with Gasteiger partial charge in [-0.3, -0.25) is 0 Å². The Bertz CT molecular complexity index is 408. The Morgan fingerprint density at radius 1 is 1.32 bits per heavy atom. The molecule has 0 radical (unpaired) electrons. The molecule has 1 aromatic rings. The molecule has 1 aliphatic rings. The molecule has 1 N–H and O–H groups in total. The van der Waals surface area contributed by atoms with E-state index >= 15 is 0 Å². The van der Waals surface area contributed by atoms with Crippen LogP contribution in [0.1, 0.15) is 56.2 Å². The molecule has 3 nitrogen and oxygen atoms in total. The zero-order valence-corrected chi connectivity index (χ0v) is 11.1. The van der Waals surface area contributed by atoms with Gasteiger partial charge in [-0.25, -0.2) is 4.98 Å². The Balaban J connectivity index is 1.96. The minimum Gasteiger partial charge on any atom is -0.444 e. The lowest BCUT2D eigenvalue weighted by Gasteiger charge is -2.28. The van der Waals surface area contributed by atoms with Crippen molar-refractivity contribution in [1.29, 1.82) is 0 Å². The molecule has 1 saturated carbocycles. The lowest BCUT2D eigenvalue weighted by atomic mass is 9.81. The number of nitrogens with zero attached hydrogens (tertiary/aromatic N) is 1. The fourth-order valence-electron chi connectivity index (χ4n) is 2.52. The van der Waals surface area contributed by atoms with E-state index < -0.39 is 12.1 Å². The van der Waals surface area contributed by atoms with Gasteiger partial charge in [-0.1, -0.05) is 0 Å². The normalized spacial score (nSPS) is 26.4. The van der Waals surface area contributed by atoms with Gasteiger partial charge >= 0.3 is 6.18 Å². The van der Waals surface area contributed by atoms with Gasteiger partial charge in [0.1, 0.15) is 5.76 Å². The van der Waals surface area contributed by atoms with Crippen molar-refractivity contribution < 1.29 is 17.6 Å². The molecule has 0 amide bonds. The molecule has 2 rings (SSSR count). The second-order valence-electron chi connectivity index (χ2n) is 5.20. The van der Waals surface area contributed by atoms with Crippen LogP contribution < -0.4 is 5.32 Å². The van der Waals surface area contributed by atoms with Crippen molar-refractivity contribution >= 4 is 0 Å². The number of nitrogens with one attached hydrogen (secondary N) is 1. The molecular weight excluding hydrogens is 257 g/mol. The van der Waals surface area contributed by atoms with Crippen LogP contribution in [0.3, 0.4) is 0 Å². The van der Waals surface area contributed by atoms with Crippen molar-refractivity contribution in [1.82, 2.24) is 10.3 Å². The van der Waals surface area contributed by atoms with Gasteiger partial charge in [-0.05, 0) is 39.7 Å². The van der Waals surface area contributed by atoms with E-state index in [4.69, 9.17) is 4.42 Å². The third-order valence-electron chi connectivity index (χ3n) is 3.94. The van der Waals surface area contributed by atoms with Gasteiger partial charge in [0.15, 0.2) is 0 Å². The highest BCUT2D eigenvalue weighted by Crippen LogP contribution is 2.43. The zero-order chi connectivity index (χ0) is 14.0. The summed E-state index contributed by atoms with van der Waals surface area (Å²) in [6, 6.07) is 0.0141. The van der Waals surface area contributed by atoms with Crippen LogP contribution in [0, 0.1) is 5.92 Å². The Hall–Kier alpha value is -1.04. The highest BCUT2D eigenvalue weighted by Gasteiger charge is 2.42. The van der Waals surface area contributed by atoms with Crippen molar-refractivity contribution in [2.24, 2.45) is 5.92 Å². The van der Waals surface area contributed by atoms with Crippen LogP contribution >= 0.6 is 0 Å². The van der Waals surface area contributed by atoms with E-state index in [1.807, 2.05) is 14.0 Å². The molecule has 1 atom stereocenters. The topological polar surface area (TPSA) is 38.1 Å². The van der Waals surface area contributed by atoms with Gasteiger partial charge in [0.25, 0.3) is 0 Å². The molecule has 19 heavy (non-hydrogen) atoms. The standard InChI is InChI=1S/C13H19F3N2O/c1-8(17-2)12-18-7-11(19-12)9-3-5-10(6-4-9)13(14,15)16/h7-10,17H,3-6H2,1-2H3. The molecule has 1 aromatic heterocycles. The van der Waals surface area contributed by atoms with Crippen LogP contribution in [-0.2, 0) is 0 Å². The van der Waals surface area contributed by atoms with Gasteiger partial charge in [-0.2, -0.15) is 13.2 Å². The first kappa shape index (κ1) is 14.4. The summed E-state index contributed by atoms with van der Waals surface area (Å²) in [5.74, 6) is 0.236. The predicted octanol–water partition coefficient (Wildman–Crippen LogP) is 3.79. The summed E-state index contributed by atoms with van der Waals surface area (Å²) < 4.78 is 43.4. The number of hydrogen-bond donors (Lipinski definition) is 1. The molecule has 1 heterocycles. The summed E-state index contributed by atoms with van der Waals surface area (Å²) in [5, 5.41) is 3.02. The van der Waals surface area contributed by atoms with Gasteiger partial charge < -0.3 is 9.73 Å². The lowest BCUT2D eigenvalue weighted by molar-refractivity contribution is -0.182. The van der Waals surface area contributed by atoms with Crippen molar-refractivity contribution in [2.45, 2.75) is 50.7 Å². The smallest absolute Gasteiger partial charge is 0.391 e. The highest BCUT2D eigenvalue weighted by atomic mass is 19.4. The highest BCUT2D eigenvalue weighted by molar-refractivity contribution is 5.05. The first-order chi connectivity index (χ1) is 8.91. The third kappa shape index (κ3) is 3.29. The molecule has 0 aliphatic heterocycles. The summed E-state index contributed by atoms with van der Waals surface area (Å²) in [7, 11) is 1.81. The second-order valence-corrected chi connectivity index (χ2v) is 5.20. The molecular formula is C13H19F3N2O. The zero-order valence-electron chi connectivity index (χ0n) is 11.1. The van der Waals surface area contributed by atoms with Gasteiger partial charge in [0.05, 0.1) is 18.2 Å². The summed E-state index contributed by atoms with van der Waals surface area (Å²) in [6.07, 6.45) is -0.989. The number of aromatic nitrogens is 1. The summed E-state index contributed by atoms with van der Waals surface area (Å²) >= 11 is 0. The quantitative estimate of drug-likeness (QED) is 0.912. The Morgan fingerprint density at radius 2 is 1.95 bits per heavy atom. The van der Waals surface area contributed by atoms with Crippen LogP contribution in [-0.4, -0.2) is 18.2 Å². The van der Waals surface area contributed by atoms with Crippen molar-refractivity contribution in [3.8, 4) is 0 Å². The molecule has 0 bridgehead atoms. The molecule has 1 unspecified atom stereocenters. The number of rotatable bonds is 3. The monoisotopic (exact) mass is 276 g/mol. The number of oxazole rings is 1. The minimum atomic E-state index is -4.06. The Kier molecular flexibility index (Phi) is 4.18. The molecule has 0 saturated heterocycles. The fourth-order valence-corrected chi connectivity index (χ4v) is 2.52. The average molecular weight is 276 g/mol. The molecule has 1 fully saturated rings. The van der Waals surface area contributed by atoms with E-state index in [-0.39, 0.29) is 24.8 Å². The molecule has 6 heteroatoms. The average Bonchev–Trinajstić information content (AvgIpc) is 2.86. The maximum atomic E-state index is 12.6. The van der Waals surface area contributed by atoms with Crippen LogP contribution in [0.2, 0.25) is 0 Å². The number of alkyl halides is 3. The lowest BCUT2D eigenvalue weighted by Crippen LogP contribution is -2.27. The minimum absolute atomic E-state index is 0.0141. The van der Waals surface area contributed by atoms with Gasteiger partial charge in [-0.15, -0.1) is 0 Å². The Morgan fingerprint density at radius 3 is 2.47 bits per heavy atom. The van der Waals surface area contributed by atoms with Crippen LogP contribution in [0.4, 0.5) is 13.2 Å². The van der Waals surface area contributed by atoms with E-state index in [9.17, 15) is 13.2 Å². The van der Waals surface area contributed by atoms with Gasteiger partial charge in [0, 0.05) is 5.92 Å².